The van der Waals surface area contributed by atoms with Crippen LogP contribution in [0.4, 0.5) is 11.4 Å². The van der Waals surface area contributed by atoms with Gasteiger partial charge in [-0.2, -0.15) is 11.8 Å². The zero-order chi connectivity index (χ0) is 12.7. The summed E-state index contributed by atoms with van der Waals surface area (Å²) in [5, 5.41) is 13.8. The lowest BCUT2D eigenvalue weighted by Gasteiger charge is -2.09. The molecule has 0 spiro atoms. The summed E-state index contributed by atoms with van der Waals surface area (Å²) in [6, 6.07) is 5.22. The Morgan fingerprint density at radius 1 is 1.47 bits per heavy atom. The van der Waals surface area contributed by atoms with Gasteiger partial charge in [-0.05, 0) is 17.7 Å². The third kappa shape index (κ3) is 3.93. The Kier molecular flexibility index (Phi) is 5.83. The van der Waals surface area contributed by atoms with Gasteiger partial charge in [0, 0.05) is 18.9 Å². The van der Waals surface area contributed by atoms with Gasteiger partial charge in [0.15, 0.2) is 0 Å². The Hall–Kier alpha value is -1.23. The molecule has 0 aromatic heterocycles. The maximum Gasteiger partial charge on any atom is 0.292 e. The van der Waals surface area contributed by atoms with Gasteiger partial charge in [0.25, 0.3) is 5.69 Å². The Balaban J connectivity index is 2.77. The van der Waals surface area contributed by atoms with Crippen molar-refractivity contribution in [1.82, 2.24) is 0 Å². The number of nitro benzene ring substituents is 1. The summed E-state index contributed by atoms with van der Waals surface area (Å²) in [6.07, 6.45) is 2.37. The number of thioether (sulfide) groups is 1. The van der Waals surface area contributed by atoms with E-state index in [0.717, 1.165) is 17.1 Å². The number of benzene rings is 1. The van der Waals surface area contributed by atoms with E-state index in [1.54, 1.807) is 13.1 Å². The Bertz CT molecular complexity index is 383. The van der Waals surface area contributed by atoms with Crippen LogP contribution in [0.25, 0.3) is 0 Å². The highest BCUT2D eigenvalue weighted by atomic mass is 32.2. The monoisotopic (exact) mass is 254 g/mol. The average molecular weight is 254 g/mol. The number of unbranched alkanes of at least 4 members (excludes halogenated alkanes) is 1. The normalized spacial score (nSPS) is 10.2. The van der Waals surface area contributed by atoms with E-state index in [1.165, 1.54) is 18.9 Å². The molecular weight excluding hydrogens is 236 g/mol. The molecule has 1 aromatic carbocycles. The molecule has 0 unspecified atom stereocenters. The molecule has 0 atom stereocenters. The summed E-state index contributed by atoms with van der Waals surface area (Å²) in [5.41, 5.74) is 1.80. The number of nitro groups is 1. The van der Waals surface area contributed by atoms with Crippen molar-refractivity contribution in [2.45, 2.75) is 25.5 Å². The molecule has 0 bridgehead atoms. The van der Waals surface area contributed by atoms with Gasteiger partial charge in [0.2, 0.25) is 0 Å². The van der Waals surface area contributed by atoms with E-state index >= 15 is 0 Å². The molecular formula is C12H18N2O2S. The lowest BCUT2D eigenvalue weighted by Crippen LogP contribution is -2.00. The van der Waals surface area contributed by atoms with Crippen LogP contribution < -0.4 is 5.32 Å². The van der Waals surface area contributed by atoms with E-state index in [0.29, 0.717) is 5.69 Å². The predicted octanol–water partition coefficient (Wildman–Crippen LogP) is 3.67. The van der Waals surface area contributed by atoms with Crippen molar-refractivity contribution in [3.63, 3.8) is 0 Å². The summed E-state index contributed by atoms with van der Waals surface area (Å²) in [6.45, 7) is 2.16. The van der Waals surface area contributed by atoms with Gasteiger partial charge >= 0.3 is 0 Å². The second-order valence-corrected chi connectivity index (χ2v) is 4.83. The van der Waals surface area contributed by atoms with Crippen molar-refractivity contribution >= 4 is 23.1 Å². The first-order valence-corrected chi connectivity index (χ1v) is 6.88. The number of nitrogens with one attached hydrogen (secondary N) is 1. The van der Waals surface area contributed by atoms with Crippen LogP contribution >= 0.6 is 11.8 Å². The van der Waals surface area contributed by atoms with Crippen LogP contribution in [0.5, 0.6) is 0 Å². The molecule has 94 valence electrons. The van der Waals surface area contributed by atoms with E-state index in [1.807, 2.05) is 17.8 Å². The van der Waals surface area contributed by atoms with Crippen LogP contribution in [0.3, 0.4) is 0 Å². The highest BCUT2D eigenvalue weighted by molar-refractivity contribution is 7.98. The lowest BCUT2D eigenvalue weighted by atomic mass is 10.1. The minimum Gasteiger partial charge on any atom is -0.382 e. The van der Waals surface area contributed by atoms with Gasteiger partial charge in [0.1, 0.15) is 5.69 Å². The van der Waals surface area contributed by atoms with Gasteiger partial charge in [-0.25, -0.2) is 0 Å². The Morgan fingerprint density at radius 2 is 2.24 bits per heavy atom. The molecule has 0 radical (unpaired) electrons. The van der Waals surface area contributed by atoms with E-state index in [2.05, 4.69) is 12.2 Å². The zero-order valence-electron chi connectivity index (χ0n) is 10.2. The van der Waals surface area contributed by atoms with Crippen LogP contribution in [-0.4, -0.2) is 17.7 Å². The topological polar surface area (TPSA) is 55.2 Å². The molecule has 0 aliphatic carbocycles. The van der Waals surface area contributed by atoms with E-state index in [4.69, 9.17) is 0 Å². The molecule has 4 nitrogen and oxygen atoms in total. The summed E-state index contributed by atoms with van der Waals surface area (Å²) in [7, 11) is 1.72. The first-order chi connectivity index (χ1) is 8.20. The third-order valence-corrected chi connectivity index (χ3v) is 3.57. The highest BCUT2D eigenvalue weighted by Gasteiger charge is 2.15. The van der Waals surface area contributed by atoms with Gasteiger partial charge in [-0.3, -0.25) is 10.1 Å². The Morgan fingerprint density at radius 3 is 2.82 bits per heavy atom. The number of hydrogen-bond acceptors (Lipinski definition) is 4. The minimum atomic E-state index is -0.341. The lowest BCUT2D eigenvalue weighted by molar-refractivity contribution is -0.384. The van der Waals surface area contributed by atoms with E-state index in [9.17, 15) is 10.1 Å². The predicted molar refractivity (Wildman–Crippen MR) is 73.7 cm³/mol. The van der Waals surface area contributed by atoms with Crippen molar-refractivity contribution in [2.75, 3.05) is 18.1 Å². The molecule has 17 heavy (non-hydrogen) atoms. The number of nitrogens with zero attached hydrogens (tertiary/aromatic N) is 1. The zero-order valence-corrected chi connectivity index (χ0v) is 11.0. The Labute approximate surface area is 106 Å². The largest absolute Gasteiger partial charge is 0.382 e. The van der Waals surface area contributed by atoms with E-state index < -0.39 is 0 Å². The number of para-hydroxylation sites is 1. The molecule has 1 rings (SSSR count). The molecule has 0 heterocycles. The molecule has 0 amide bonds. The van der Waals surface area contributed by atoms with Crippen LogP contribution in [-0.2, 0) is 5.75 Å². The maximum absolute atomic E-state index is 10.9. The molecule has 0 saturated heterocycles. The quantitative estimate of drug-likeness (QED) is 0.458. The molecule has 1 aromatic rings. The molecule has 1 N–H and O–H groups in total. The van der Waals surface area contributed by atoms with Crippen molar-refractivity contribution in [3.05, 3.63) is 33.9 Å². The van der Waals surface area contributed by atoms with Crippen molar-refractivity contribution < 1.29 is 4.92 Å². The number of rotatable bonds is 7. The fourth-order valence-corrected chi connectivity index (χ4v) is 2.67. The minimum absolute atomic E-state index is 0.154. The summed E-state index contributed by atoms with van der Waals surface area (Å²) >= 11 is 1.82. The van der Waals surface area contributed by atoms with Gasteiger partial charge in [0.05, 0.1) is 4.92 Å². The maximum atomic E-state index is 10.9. The second-order valence-electron chi connectivity index (χ2n) is 3.72. The van der Waals surface area contributed by atoms with Crippen LogP contribution in [0.1, 0.15) is 25.3 Å². The smallest absolute Gasteiger partial charge is 0.292 e. The van der Waals surface area contributed by atoms with Crippen LogP contribution in [0.15, 0.2) is 18.2 Å². The van der Waals surface area contributed by atoms with Crippen molar-refractivity contribution in [2.24, 2.45) is 0 Å². The average Bonchev–Trinajstić information content (AvgIpc) is 2.34. The SMILES string of the molecule is CCCCSCc1cccc([N+](=O)[O-])c1NC. The summed E-state index contributed by atoms with van der Waals surface area (Å²) < 4.78 is 0. The van der Waals surface area contributed by atoms with Gasteiger partial charge < -0.3 is 5.32 Å². The third-order valence-electron chi connectivity index (χ3n) is 2.48. The molecule has 0 saturated carbocycles. The molecule has 0 aliphatic rings. The molecule has 0 fully saturated rings. The van der Waals surface area contributed by atoms with Gasteiger partial charge in [-0.1, -0.05) is 25.5 Å². The fourth-order valence-electron chi connectivity index (χ4n) is 1.58. The second kappa shape index (κ2) is 7.17. The van der Waals surface area contributed by atoms with Gasteiger partial charge in [-0.15, -0.1) is 0 Å². The number of hydrogen-bond donors (Lipinski definition) is 1. The number of anilines is 1. The summed E-state index contributed by atoms with van der Waals surface area (Å²) in [4.78, 5) is 10.5. The van der Waals surface area contributed by atoms with E-state index in [-0.39, 0.29) is 10.6 Å². The molecule has 0 aliphatic heterocycles. The highest BCUT2D eigenvalue weighted by Crippen LogP contribution is 2.30. The van der Waals surface area contributed by atoms with Crippen LogP contribution in [0.2, 0.25) is 0 Å². The standard InChI is InChI=1S/C12H18N2O2S/c1-3-4-8-17-9-10-6-5-7-11(14(15)16)12(10)13-2/h5-7,13H,3-4,8-9H2,1-2H3. The first-order valence-electron chi connectivity index (χ1n) is 5.72. The van der Waals surface area contributed by atoms with Crippen molar-refractivity contribution in [3.8, 4) is 0 Å². The first kappa shape index (κ1) is 13.8. The summed E-state index contributed by atoms with van der Waals surface area (Å²) in [5.74, 6) is 1.92. The molecule has 5 heteroatoms. The van der Waals surface area contributed by atoms with Crippen LogP contribution in [0, 0.1) is 10.1 Å². The fraction of sp³-hybridized carbons (Fsp3) is 0.500. The van der Waals surface area contributed by atoms with Crippen molar-refractivity contribution in [1.29, 1.82) is 0 Å².